The molecule has 0 radical (unpaired) electrons. The van der Waals surface area contributed by atoms with Gasteiger partial charge in [-0.1, -0.05) is 6.92 Å². The van der Waals surface area contributed by atoms with Crippen molar-refractivity contribution >= 4 is 6.09 Å². The van der Waals surface area contributed by atoms with Crippen LogP contribution >= 0.6 is 0 Å². The SMILES string of the molecule is CC(CNC1CCOC1)CN(C)C(=O)OC(C)(C)C. The lowest BCUT2D eigenvalue weighted by atomic mass is 10.1. The van der Waals surface area contributed by atoms with E-state index in [9.17, 15) is 4.79 Å². The van der Waals surface area contributed by atoms with Crippen molar-refractivity contribution in [2.75, 3.05) is 33.4 Å². The van der Waals surface area contributed by atoms with Crippen LogP contribution in [-0.4, -0.2) is 56.0 Å². The van der Waals surface area contributed by atoms with Crippen LogP contribution in [-0.2, 0) is 9.47 Å². The predicted octanol–water partition coefficient (Wildman–Crippen LogP) is 1.87. The fourth-order valence-corrected chi connectivity index (χ4v) is 2.01. The third-order valence-corrected chi connectivity index (χ3v) is 2.98. The molecule has 2 unspecified atom stereocenters. The molecule has 0 spiro atoms. The number of carbonyl (C=O) groups is 1. The first-order valence-corrected chi connectivity index (χ1v) is 7.03. The molecule has 5 nitrogen and oxygen atoms in total. The number of rotatable bonds is 5. The van der Waals surface area contributed by atoms with Crippen LogP contribution in [0.5, 0.6) is 0 Å². The van der Waals surface area contributed by atoms with E-state index in [-0.39, 0.29) is 6.09 Å². The zero-order valence-corrected chi connectivity index (χ0v) is 12.9. The van der Waals surface area contributed by atoms with E-state index in [1.54, 1.807) is 11.9 Å². The first-order chi connectivity index (χ1) is 8.78. The molecule has 5 heteroatoms. The molecule has 19 heavy (non-hydrogen) atoms. The highest BCUT2D eigenvalue weighted by molar-refractivity contribution is 5.67. The van der Waals surface area contributed by atoms with E-state index in [0.717, 1.165) is 26.2 Å². The molecule has 0 aromatic rings. The summed E-state index contributed by atoms with van der Waals surface area (Å²) in [6.45, 7) is 11.0. The standard InChI is InChI=1S/C14H28N2O3/c1-11(8-15-12-6-7-18-10-12)9-16(5)13(17)19-14(2,3)4/h11-12,15H,6-10H2,1-5H3. The van der Waals surface area contributed by atoms with Crippen LogP contribution in [0.25, 0.3) is 0 Å². The second kappa shape index (κ2) is 7.10. The topological polar surface area (TPSA) is 50.8 Å². The smallest absolute Gasteiger partial charge is 0.410 e. The number of carbonyl (C=O) groups excluding carboxylic acids is 1. The molecule has 1 amide bonds. The van der Waals surface area contributed by atoms with Gasteiger partial charge in [0.05, 0.1) is 6.61 Å². The van der Waals surface area contributed by atoms with E-state index < -0.39 is 5.60 Å². The Morgan fingerprint density at radius 2 is 2.21 bits per heavy atom. The van der Waals surface area contributed by atoms with Crippen molar-refractivity contribution in [2.45, 2.75) is 45.8 Å². The minimum atomic E-state index is -0.436. The predicted molar refractivity (Wildman–Crippen MR) is 75.3 cm³/mol. The number of nitrogens with zero attached hydrogens (tertiary/aromatic N) is 1. The molecule has 0 aromatic carbocycles. The average molecular weight is 272 g/mol. The normalized spacial score (nSPS) is 21.2. The Labute approximate surface area is 116 Å². The molecular weight excluding hydrogens is 244 g/mol. The van der Waals surface area contributed by atoms with Gasteiger partial charge in [-0.15, -0.1) is 0 Å². The zero-order chi connectivity index (χ0) is 14.5. The fraction of sp³-hybridized carbons (Fsp3) is 0.929. The Bertz CT molecular complexity index is 283. The maximum atomic E-state index is 11.8. The van der Waals surface area contributed by atoms with Crippen LogP contribution in [0.4, 0.5) is 4.79 Å². The van der Waals surface area contributed by atoms with Gasteiger partial charge in [-0.3, -0.25) is 0 Å². The number of hydrogen-bond acceptors (Lipinski definition) is 4. The third kappa shape index (κ3) is 6.78. The van der Waals surface area contributed by atoms with Gasteiger partial charge in [-0.05, 0) is 39.7 Å². The van der Waals surface area contributed by atoms with Crippen LogP contribution in [0.3, 0.4) is 0 Å². The van der Waals surface area contributed by atoms with Crippen LogP contribution < -0.4 is 5.32 Å². The zero-order valence-electron chi connectivity index (χ0n) is 12.9. The van der Waals surface area contributed by atoms with Crippen molar-refractivity contribution in [1.29, 1.82) is 0 Å². The average Bonchev–Trinajstić information content (AvgIpc) is 2.76. The Balaban J connectivity index is 2.22. The molecule has 0 aromatic heterocycles. The minimum Gasteiger partial charge on any atom is -0.444 e. The summed E-state index contributed by atoms with van der Waals surface area (Å²) in [5.41, 5.74) is -0.436. The van der Waals surface area contributed by atoms with E-state index in [1.807, 2.05) is 20.8 Å². The van der Waals surface area contributed by atoms with E-state index in [4.69, 9.17) is 9.47 Å². The van der Waals surface area contributed by atoms with Gasteiger partial charge >= 0.3 is 6.09 Å². The molecular formula is C14H28N2O3. The van der Waals surface area contributed by atoms with Gasteiger partial charge in [0.25, 0.3) is 0 Å². The van der Waals surface area contributed by atoms with Crippen molar-refractivity contribution < 1.29 is 14.3 Å². The lowest BCUT2D eigenvalue weighted by molar-refractivity contribution is 0.0276. The summed E-state index contributed by atoms with van der Waals surface area (Å²) in [7, 11) is 1.78. The van der Waals surface area contributed by atoms with Gasteiger partial charge in [0.15, 0.2) is 0 Å². The number of amides is 1. The van der Waals surface area contributed by atoms with Crippen LogP contribution in [0.2, 0.25) is 0 Å². The molecule has 1 aliphatic heterocycles. The Morgan fingerprint density at radius 1 is 1.53 bits per heavy atom. The lowest BCUT2D eigenvalue weighted by Crippen LogP contribution is -2.40. The molecule has 0 bridgehead atoms. The highest BCUT2D eigenvalue weighted by Gasteiger charge is 2.21. The molecule has 1 rings (SSSR count). The molecule has 1 saturated heterocycles. The molecule has 1 N–H and O–H groups in total. The largest absolute Gasteiger partial charge is 0.444 e. The molecule has 1 heterocycles. The number of ether oxygens (including phenoxy) is 2. The van der Waals surface area contributed by atoms with Crippen molar-refractivity contribution in [3.63, 3.8) is 0 Å². The fourth-order valence-electron chi connectivity index (χ4n) is 2.01. The van der Waals surface area contributed by atoms with Crippen LogP contribution in [0.15, 0.2) is 0 Å². The maximum absolute atomic E-state index is 11.8. The Hall–Kier alpha value is -0.810. The molecule has 0 aliphatic carbocycles. The van der Waals surface area contributed by atoms with E-state index in [1.165, 1.54) is 0 Å². The summed E-state index contributed by atoms with van der Waals surface area (Å²) >= 11 is 0. The first kappa shape index (κ1) is 16.2. The van der Waals surface area contributed by atoms with Crippen molar-refractivity contribution in [3.05, 3.63) is 0 Å². The summed E-state index contributed by atoms with van der Waals surface area (Å²) in [6, 6.07) is 0.467. The number of hydrogen-bond donors (Lipinski definition) is 1. The molecule has 2 atom stereocenters. The van der Waals surface area contributed by atoms with Gasteiger partial charge in [0, 0.05) is 26.2 Å². The summed E-state index contributed by atoms with van der Waals surface area (Å²) < 4.78 is 10.6. The van der Waals surface area contributed by atoms with Crippen molar-refractivity contribution in [2.24, 2.45) is 5.92 Å². The number of nitrogens with one attached hydrogen (secondary N) is 1. The highest BCUT2D eigenvalue weighted by Crippen LogP contribution is 2.10. The van der Waals surface area contributed by atoms with Gasteiger partial charge in [0.2, 0.25) is 0 Å². The molecule has 0 saturated carbocycles. The first-order valence-electron chi connectivity index (χ1n) is 7.03. The van der Waals surface area contributed by atoms with Gasteiger partial charge in [-0.25, -0.2) is 4.79 Å². The minimum absolute atomic E-state index is 0.261. The van der Waals surface area contributed by atoms with E-state index in [0.29, 0.717) is 18.5 Å². The summed E-state index contributed by atoms with van der Waals surface area (Å²) in [5, 5.41) is 3.47. The quantitative estimate of drug-likeness (QED) is 0.830. The monoisotopic (exact) mass is 272 g/mol. The molecule has 1 aliphatic rings. The molecule has 112 valence electrons. The highest BCUT2D eigenvalue weighted by atomic mass is 16.6. The maximum Gasteiger partial charge on any atom is 0.410 e. The van der Waals surface area contributed by atoms with Crippen molar-refractivity contribution in [3.8, 4) is 0 Å². The van der Waals surface area contributed by atoms with Gasteiger partial charge in [0.1, 0.15) is 5.60 Å². The summed E-state index contributed by atoms with van der Waals surface area (Å²) in [5.74, 6) is 0.387. The van der Waals surface area contributed by atoms with E-state index >= 15 is 0 Å². The third-order valence-electron chi connectivity index (χ3n) is 2.98. The molecule has 1 fully saturated rings. The Kier molecular flexibility index (Phi) is 6.07. The van der Waals surface area contributed by atoms with Crippen LogP contribution in [0.1, 0.15) is 34.1 Å². The summed E-state index contributed by atoms with van der Waals surface area (Å²) in [4.78, 5) is 13.5. The second-order valence-corrected chi connectivity index (χ2v) is 6.43. The lowest BCUT2D eigenvalue weighted by Gasteiger charge is -2.27. The van der Waals surface area contributed by atoms with Crippen LogP contribution in [0, 0.1) is 5.92 Å². The Morgan fingerprint density at radius 3 is 2.74 bits per heavy atom. The second-order valence-electron chi connectivity index (χ2n) is 6.43. The summed E-state index contributed by atoms with van der Waals surface area (Å²) in [6.07, 6.45) is 0.817. The van der Waals surface area contributed by atoms with Gasteiger partial charge < -0.3 is 19.7 Å². The van der Waals surface area contributed by atoms with Gasteiger partial charge in [-0.2, -0.15) is 0 Å². The van der Waals surface area contributed by atoms with E-state index in [2.05, 4.69) is 12.2 Å². The van der Waals surface area contributed by atoms with Crippen molar-refractivity contribution in [1.82, 2.24) is 10.2 Å².